The number of nitriles is 1. The Morgan fingerprint density at radius 3 is 2.65 bits per heavy atom. The molecule has 2 amide bonds. The third-order valence-electron chi connectivity index (χ3n) is 5.51. The molecule has 1 aliphatic rings. The zero-order valence-corrected chi connectivity index (χ0v) is 17.2. The van der Waals surface area contributed by atoms with Crippen LogP contribution in [0.1, 0.15) is 51.4 Å². The smallest absolute Gasteiger partial charge is 0.292 e. The fourth-order valence-electron chi connectivity index (χ4n) is 3.45. The highest BCUT2D eigenvalue weighted by Crippen LogP contribution is 2.34. The number of halogens is 1. The van der Waals surface area contributed by atoms with E-state index in [-0.39, 0.29) is 41.1 Å². The van der Waals surface area contributed by atoms with Gasteiger partial charge in [-0.1, -0.05) is 0 Å². The van der Waals surface area contributed by atoms with Crippen LogP contribution in [-0.2, 0) is 11.8 Å². The van der Waals surface area contributed by atoms with E-state index < -0.39 is 23.4 Å². The lowest BCUT2D eigenvalue weighted by Crippen LogP contribution is -2.41. The van der Waals surface area contributed by atoms with Crippen LogP contribution in [0.25, 0.3) is 0 Å². The number of benzene rings is 1. The highest BCUT2D eigenvalue weighted by atomic mass is 19.1. The molecule has 162 valence electrons. The van der Waals surface area contributed by atoms with Crippen LogP contribution in [0.3, 0.4) is 0 Å². The first-order valence-electron chi connectivity index (χ1n) is 9.90. The first-order chi connectivity index (χ1) is 14.8. The Hall–Kier alpha value is -3.51. The van der Waals surface area contributed by atoms with Gasteiger partial charge in [-0.05, 0) is 56.4 Å². The number of nitrogens with zero attached hydrogens (tertiary/aromatic N) is 2. The number of aliphatic hydroxyl groups is 1. The predicted octanol–water partition coefficient (Wildman–Crippen LogP) is 2.06. The van der Waals surface area contributed by atoms with Crippen molar-refractivity contribution in [3.05, 3.63) is 52.6 Å². The zero-order chi connectivity index (χ0) is 22.7. The molecule has 31 heavy (non-hydrogen) atoms. The third-order valence-corrected chi connectivity index (χ3v) is 5.51. The molecule has 1 atom stereocenters. The van der Waals surface area contributed by atoms with Crippen LogP contribution in [0, 0.1) is 30.0 Å². The van der Waals surface area contributed by atoms with Crippen molar-refractivity contribution in [2.24, 2.45) is 13.0 Å². The highest BCUT2D eigenvalue weighted by Gasteiger charge is 2.34. The number of hydrogen-bond acceptors (Lipinski definition) is 5. The standard InChI is InChI=1S/C22H23FN4O4/c1-12-16(20(29)22(31)26-18(7-8-28)13-3-4-13)10-19(27(12)2)21(30)25-15-5-6-17(23)14(9-15)11-24/h5-6,9-10,13,18,28H,3-4,7-8H2,1-2H3,(H,25,30)(H,26,31). The van der Waals surface area contributed by atoms with Gasteiger partial charge in [0.15, 0.2) is 0 Å². The van der Waals surface area contributed by atoms with E-state index >= 15 is 0 Å². The number of nitrogens with one attached hydrogen (secondary N) is 2. The van der Waals surface area contributed by atoms with Gasteiger partial charge >= 0.3 is 0 Å². The maximum absolute atomic E-state index is 13.5. The first-order valence-corrected chi connectivity index (χ1v) is 9.90. The molecular formula is C22H23FN4O4. The first kappa shape index (κ1) is 22.2. The zero-order valence-electron chi connectivity index (χ0n) is 17.2. The van der Waals surface area contributed by atoms with E-state index in [9.17, 15) is 23.9 Å². The SMILES string of the molecule is Cc1c(C(=O)C(=O)NC(CCO)C2CC2)cc(C(=O)Nc2ccc(F)c(C#N)c2)n1C. The lowest BCUT2D eigenvalue weighted by atomic mass is 10.1. The number of aliphatic hydroxyl groups excluding tert-OH is 1. The molecule has 3 N–H and O–H groups in total. The van der Waals surface area contributed by atoms with E-state index in [4.69, 9.17) is 5.26 Å². The van der Waals surface area contributed by atoms with Crippen molar-refractivity contribution >= 4 is 23.3 Å². The van der Waals surface area contributed by atoms with Gasteiger partial charge in [-0.25, -0.2) is 4.39 Å². The summed E-state index contributed by atoms with van der Waals surface area (Å²) in [5.74, 6) is -2.53. The number of amides is 2. The summed E-state index contributed by atoms with van der Waals surface area (Å²) in [6.45, 7) is 1.54. The third kappa shape index (κ3) is 4.81. The summed E-state index contributed by atoms with van der Waals surface area (Å²) in [5.41, 5.74) is 0.684. The summed E-state index contributed by atoms with van der Waals surface area (Å²) in [5, 5.41) is 23.4. The normalized spacial score (nSPS) is 13.9. The van der Waals surface area contributed by atoms with E-state index in [0.29, 0.717) is 12.1 Å². The largest absolute Gasteiger partial charge is 0.396 e. The molecule has 0 radical (unpaired) electrons. The number of anilines is 1. The molecule has 1 aliphatic carbocycles. The van der Waals surface area contributed by atoms with E-state index in [1.54, 1.807) is 20.0 Å². The van der Waals surface area contributed by atoms with Crippen LogP contribution in [0.4, 0.5) is 10.1 Å². The molecule has 1 unspecified atom stereocenters. The van der Waals surface area contributed by atoms with Gasteiger partial charge in [-0.3, -0.25) is 14.4 Å². The molecule has 1 heterocycles. The second kappa shape index (κ2) is 9.10. The minimum atomic E-state index is -0.775. The molecule has 0 bridgehead atoms. The average Bonchev–Trinajstić information content (AvgIpc) is 3.55. The van der Waals surface area contributed by atoms with Gasteiger partial charge in [-0.15, -0.1) is 0 Å². The van der Waals surface area contributed by atoms with Crippen molar-refractivity contribution < 1.29 is 23.9 Å². The molecule has 0 saturated heterocycles. The van der Waals surface area contributed by atoms with Crippen LogP contribution in [0.5, 0.6) is 0 Å². The van der Waals surface area contributed by atoms with Crippen molar-refractivity contribution in [1.82, 2.24) is 9.88 Å². The Balaban J connectivity index is 1.77. The molecule has 1 saturated carbocycles. The number of carbonyl (C=O) groups excluding carboxylic acids is 3. The summed E-state index contributed by atoms with van der Waals surface area (Å²) in [7, 11) is 1.59. The number of carbonyl (C=O) groups is 3. The number of Topliss-reactive ketones (excluding diaryl/α,β-unsaturated/α-hetero) is 1. The topological polar surface area (TPSA) is 124 Å². The molecule has 1 fully saturated rings. The van der Waals surface area contributed by atoms with E-state index in [1.807, 2.05) is 0 Å². The summed E-state index contributed by atoms with van der Waals surface area (Å²) in [6, 6.07) is 6.39. The quantitative estimate of drug-likeness (QED) is 0.440. The maximum atomic E-state index is 13.5. The van der Waals surface area contributed by atoms with Crippen molar-refractivity contribution in [3.8, 4) is 6.07 Å². The molecule has 3 rings (SSSR count). The summed E-state index contributed by atoms with van der Waals surface area (Å²) in [4.78, 5) is 37.9. The molecule has 9 heteroatoms. The van der Waals surface area contributed by atoms with Crippen molar-refractivity contribution in [1.29, 1.82) is 5.26 Å². The molecular weight excluding hydrogens is 403 g/mol. The van der Waals surface area contributed by atoms with Crippen LogP contribution >= 0.6 is 0 Å². The number of aromatic nitrogens is 1. The second-order valence-corrected chi connectivity index (χ2v) is 7.61. The highest BCUT2D eigenvalue weighted by molar-refractivity contribution is 6.43. The predicted molar refractivity (Wildman–Crippen MR) is 110 cm³/mol. The number of rotatable bonds is 8. The molecule has 0 aliphatic heterocycles. The van der Waals surface area contributed by atoms with Gasteiger partial charge in [0.2, 0.25) is 0 Å². The van der Waals surface area contributed by atoms with Gasteiger partial charge in [-0.2, -0.15) is 5.26 Å². The fourth-order valence-corrected chi connectivity index (χ4v) is 3.45. The molecule has 1 aromatic carbocycles. The minimum absolute atomic E-state index is 0.0821. The lowest BCUT2D eigenvalue weighted by molar-refractivity contribution is -0.117. The van der Waals surface area contributed by atoms with E-state index in [0.717, 1.165) is 18.9 Å². The van der Waals surface area contributed by atoms with Gasteiger partial charge in [0.1, 0.15) is 17.6 Å². The van der Waals surface area contributed by atoms with Gasteiger partial charge < -0.3 is 20.3 Å². The van der Waals surface area contributed by atoms with Gasteiger partial charge in [0.25, 0.3) is 17.6 Å². The van der Waals surface area contributed by atoms with Crippen LogP contribution in [0.2, 0.25) is 0 Å². The molecule has 2 aromatic rings. The lowest BCUT2D eigenvalue weighted by Gasteiger charge is -2.16. The minimum Gasteiger partial charge on any atom is -0.396 e. The van der Waals surface area contributed by atoms with Crippen LogP contribution in [-0.4, -0.2) is 39.9 Å². The summed E-state index contributed by atoms with van der Waals surface area (Å²) in [6.07, 6.45) is 2.28. The molecule has 1 aromatic heterocycles. The summed E-state index contributed by atoms with van der Waals surface area (Å²) >= 11 is 0. The van der Waals surface area contributed by atoms with Crippen molar-refractivity contribution in [2.75, 3.05) is 11.9 Å². The number of ketones is 1. The molecule has 0 spiro atoms. The van der Waals surface area contributed by atoms with E-state index in [2.05, 4.69) is 10.6 Å². The Morgan fingerprint density at radius 2 is 2.03 bits per heavy atom. The Kier molecular flexibility index (Phi) is 6.51. The Bertz CT molecular complexity index is 1080. The van der Waals surface area contributed by atoms with E-state index in [1.165, 1.54) is 22.8 Å². The summed E-state index contributed by atoms with van der Waals surface area (Å²) < 4.78 is 15.0. The monoisotopic (exact) mass is 426 g/mol. The van der Waals surface area contributed by atoms with Crippen molar-refractivity contribution in [3.63, 3.8) is 0 Å². The van der Waals surface area contributed by atoms with Crippen molar-refractivity contribution in [2.45, 2.75) is 32.2 Å². The molecule has 8 nitrogen and oxygen atoms in total. The fraction of sp³-hybridized carbons (Fsp3) is 0.364. The maximum Gasteiger partial charge on any atom is 0.292 e. The average molecular weight is 426 g/mol. The Labute approximate surface area is 178 Å². The Morgan fingerprint density at radius 1 is 1.32 bits per heavy atom. The van der Waals surface area contributed by atoms with Crippen LogP contribution < -0.4 is 10.6 Å². The number of hydrogen-bond donors (Lipinski definition) is 3. The second-order valence-electron chi connectivity index (χ2n) is 7.61. The van der Waals surface area contributed by atoms with Gasteiger partial charge in [0, 0.05) is 36.6 Å². The van der Waals surface area contributed by atoms with Crippen LogP contribution in [0.15, 0.2) is 24.3 Å². The van der Waals surface area contributed by atoms with Gasteiger partial charge in [0.05, 0.1) is 5.56 Å².